The largest absolute Gasteiger partial charge is 0.504 e. The van der Waals surface area contributed by atoms with E-state index in [0.717, 1.165) is 12.8 Å². The van der Waals surface area contributed by atoms with Crippen LogP contribution < -0.4 is 0 Å². The van der Waals surface area contributed by atoms with Gasteiger partial charge in [-0.1, -0.05) is 13.8 Å². The second-order valence-electron chi connectivity index (χ2n) is 6.94. The summed E-state index contributed by atoms with van der Waals surface area (Å²) in [4.78, 5) is 14.4. The highest BCUT2D eigenvalue weighted by Gasteiger charge is 2.29. The molecule has 2 rings (SSSR count). The molecule has 2 N–H and O–H groups in total. The Hall–Kier alpha value is -1.55. The van der Waals surface area contributed by atoms with Gasteiger partial charge in [-0.05, 0) is 56.3 Å². The van der Waals surface area contributed by atoms with Gasteiger partial charge in [-0.15, -0.1) is 0 Å². The summed E-state index contributed by atoms with van der Waals surface area (Å²) in [5.74, 6) is -0.477. The Morgan fingerprint density at radius 2 is 1.86 bits per heavy atom. The van der Waals surface area contributed by atoms with Gasteiger partial charge in [0.1, 0.15) is 0 Å². The van der Waals surface area contributed by atoms with Crippen LogP contribution in [-0.4, -0.2) is 40.5 Å². The molecule has 0 aromatic heterocycles. The molecule has 0 heterocycles. The smallest absolute Gasteiger partial charge is 0.176 e. The molecule has 1 aromatic rings. The zero-order chi connectivity index (χ0) is 15.6. The van der Waals surface area contributed by atoms with Gasteiger partial charge in [0, 0.05) is 11.6 Å². The number of carbonyl (C=O) groups is 1. The number of phenols is 2. The predicted octanol–water partition coefficient (Wildman–Crippen LogP) is 3.18. The van der Waals surface area contributed by atoms with Crippen LogP contribution >= 0.6 is 0 Å². The minimum Gasteiger partial charge on any atom is -0.504 e. The van der Waals surface area contributed by atoms with E-state index in [2.05, 4.69) is 18.7 Å². The average molecular weight is 291 g/mol. The topological polar surface area (TPSA) is 60.8 Å². The third kappa shape index (κ3) is 3.97. The molecule has 4 nitrogen and oxygen atoms in total. The van der Waals surface area contributed by atoms with Gasteiger partial charge in [0.2, 0.25) is 0 Å². The van der Waals surface area contributed by atoms with E-state index in [4.69, 9.17) is 0 Å². The molecule has 0 atom stereocenters. The first-order valence-electron chi connectivity index (χ1n) is 7.54. The van der Waals surface area contributed by atoms with Crippen LogP contribution in [0.15, 0.2) is 18.2 Å². The monoisotopic (exact) mass is 291 g/mol. The van der Waals surface area contributed by atoms with Crippen molar-refractivity contribution in [2.45, 2.75) is 45.6 Å². The number of phenolic OH excluding ortho intramolecular Hbond substituents is 2. The molecular weight excluding hydrogens is 266 g/mol. The highest BCUT2D eigenvalue weighted by molar-refractivity contribution is 5.98. The van der Waals surface area contributed by atoms with Crippen molar-refractivity contribution in [3.8, 4) is 11.5 Å². The molecule has 0 saturated heterocycles. The molecule has 1 saturated carbocycles. The molecule has 4 heteroatoms. The van der Waals surface area contributed by atoms with Crippen LogP contribution in [0.5, 0.6) is 11.5 Å². The van der Waals surface area contributed by atoms with Gasteiger partial charge in [0.05, 0.1) is 6.54 Å². The molecule has 21 heavy (non-hydrogen) atoms. The molecular formula is C17H25NO3. The highest BCUT2D eigenvalue weighted by atomic mass is 16.3. The number of nitrogens with zero attached hydrogens (tertiary/aromatic N) is 1. The third-order valence-electron chi connectivity index (χ3n) is 4.62. The van der Waals surface area contributed by atoms with Crippen molar-refractivity contribution >= 4 is 5.78 Å². The summed E-state index contributed by atoms with van der Waals surface area (Å²) < 4.78 is 0. The molecule has 1 aliphatic carbocycles. The van der Waals surface area contributed by atoms with Crippen molar-refractivity contribution in [2.24, 2.45) is 5.41 Å². The molecule has 0 amide bonds. The van der Waals surface area contributed by atoms with E-state index in [0.29, 0.717) is 23.6 Å². The van der Waals surface area contributed by atoms with E-state index in [-0.39, 0.29) is 17.3 Å². The molecule has 1 aromatic carbocycles. The third-order valence-corrected chi connectivity index (χ3v) is 4.62. The summed E-state index contributed by atoms with van der Waals surface area (Å²) in [6.07, 6.45) is 4.63. The minimum absolute atomic E-state index is 0.0300. The lowest BCUT2D eigenvalue weighted by Gasteiger charge is -2.38. The standard InChI is InChI=1S/C17H25NO3/c1-17(2)8-6-13(7-9-17)18(3)11-16(21)12-4-5-14(19)15(20)10-12/h4-5,10,13,19-20H,6-9,11H2,1-3H3. The van der Waals surface area contributed by atoms with Gasteiger partial charge in [0.25, 0.3) is 0 Å². The highest BCUT2D eigenvalue weighted by Crippen LogP contribution is 2.36. The van der Waals surface area contributed by atoms with E-state index >= 15 is 0 Å². The van der Waals surface area contributed by atoms with Gasteiger partial charge in [-0.2, -0.15) is 0 Å². The lowest BCUT2D eigenvalue weighted by Crippen LogP contribution is -2.39. The Morgan fingerprint density at radius 3 is 2.43 bits per heavy atom. The fourth-order valence-electron chi connectivity index (χ4n) is 2.97. The zero-order valence-corrected chi connectivity index (χ0v) is 13.1. The molecule has 1 aliphatic rings. The number of aromatic hydroxyl groups is 2. The van der Waals surface area contributed by atoms with Crippen molar-refractivity contribution in [3.05, 3.63) is 23.8 Å². The first-order valence-corrected chi connectivity index (χ1v) is 7.54. The Bertz CT molecular complexity index is 515. The average Bonchev–Trinajstić information content (AvgIpc) is 2.41. The maximum atomic E-state index is 12.3. The Kier molecular flexibility index (Phi) is 4.57. The van der Waals surface area contributed by atoms with Crippen molar-refractivity contribution in [3.63, 3.8) is 0 Å². The van der Waals surface area contributed by atoms with Crippen LogP contribution in [0.1, 0.15) is 49.9 Å². The molecule has 0 aliphatic heterocycles. The second-order valence-corrected chi connectivity index (χ2v) is 6.94. The van der Waals surface area contributed by atoms with Crippen LogP contribution in [0.25, 0.3) is 0 Å². The fraction of sp³-hybridized carbons (Fsp3) is 0.588. The number of rotatable bonds is 4. The number of likely N-dealkylation sites (N-methyl/N-ethyl adjacent to an activating group) is 1. The quantitative estimate of drug-likeness (QED) is 0.660. The summed E-state index contributed by atoms with van der Waals surface area (Å²) in [7, 11) is 1.99. The van der Waals surface area contributed by atoms with Crippen molar-refractivity contribution < 1.29 is 15.0 Å². The summed E-state index contributed by atoms with van der Waals surface area (Å²) in [5, 5.41) is 18.8. The molecule has 116 valence electrons. The van der Waals surface area contributed by atoms with E-state index in [1.165, 1.54) is 25.0 Å². The first-order chi connectivity index (χ1) is 9.78. The van der Waals surface area contributed by atoms with Crippen LogP contribution in [-0.2, 0) is 0 Å². The van der Waals surface area contributed by atoms with Gasteiger partial charge in [0.15, 0.2) is 17.3 Å². The number of hydrogen-bond donors (Lipinski definition) is 2. The van der Waals surface area contributed by atoms with Gasteiger partial charge in [-0.3, -0.25) is 9.69 Å². The summed E-state index contributed by atoms with van der Waals surface area (Å²) in [6, 6.07) is 4.68. The lowest BCUT2D eigenvalue weighted by atomic mass is 9.75. The van der Waals surface area contributed by atoms with E-state index < -0.39 is 0 Å². The maximum Gasteiger partial charge on any atom is 0.176 e. The maximum absolute atomic E-state index is 12.3. The van der Waals surface area contributed by atoms with E-state index in [1.54, 1.807) is 6.07 Å². The van der Waals surface area contributed by atoms with E-state index in [1.807, 2.05) is 7.05 Å². The predicted molar refractivity (Wildman–Crippen MR) is 82.8 cm³/mol. The molecule has 1 fully saturated rings. The van der Waals surface area contributed by atoms with Crippen LogP contribution in [0.3, 0.4) is 0 Å². The number of hydrogen-bond acceptors (Lipinski definition) is 4. The summed E-state index contributed by atoms with van der Waals surface area (Å²) >= 11 is 0. The molecule has 0 unspecified atom stereocenters. The first kappa shape index (κ1) is 15.8. The molecule has 0 bridgehead atoms. The van der Waals surface area contributed by atoms with E-state index in [9.17, 15) is 15.0 Å². The Labute approximate surface area is 126 Å². The minimum atomic E-state index is -0.247. The van der Waals surface area contributed by atoms with Crippen LogP contribution in [0.4, 0.5) is 0 Å². The Morgan fingerprint density at radius 1 is 1.24 bits per heavy atom. The van der Waals surface area contributed by atoms with Crippen molar-refractivity contribution in [2.75, 3.05) is 13.6 Å². The molecule has 0 spiro atoms. The Balaban J connectivity index is 1.94. The number of carbonyl (C=O) groups excluding carboxylic acids is 1. The lowest BCUT2D eigenvalue weighted by molar-refractivity contribution is 0.0851. The van der Waals surface area contributed by atoms with Gasteiger partial charge in [-0.25, -0.2) is 0 Å². The summed E-state index contributed by atoms with van der Waals surface area (Å²) in [6.45, 7) is 4.94. The van der Waals surface area contributed by atoms with Crippen molar-refractivity contribution in [1.82, 2.24) is 4.90 Å². The normalized spacial score (nSPS) is 18.9. The SMILES string of the molecule is CN(CC(=O)c1ccc(O)c(O)c1)C1CCC(C)(C)CC1. The van der Waals surface area contributed by atoms with Gasteiger partial charge < -0.3 is 10.2 Å². The van der Waals surface area contributed by atoms with Crippen LogP contribution in [0, 0.1) is 5.41 Å². The zero-order valence-electron chi connectivity index (χ0n) is 13.1. The second kappa shape index (κ2) is 6.06. The van der Waals surface area contributed by atoms with Crippen LogP contribution in [0.2, 0.25) is 0 Å². The fourth-order valence-corrected chi connectivity index (χ4v) is 2.97. The number of benzene rings is 1. The summed E-state index contributed by atoms with van der Waals surface area (Å²) in [5.41, 5.74) is 0.859. The number of ketones is 1. The molecule has 0 radical (unpaired) electrons. The van der Waals surface area contributed by atoms with Gasteiger partial charge >= 0.3 is 0 Å². The van der Waals surface area contributed by atoms with Crippen molar-refractivity contribution in [1.29, 1.82) is 0 Å². The number of Topliss-reactive ketones (excluding diaryl/α,β-unsaturated/α-hetero) is 1.